The molecule has 0 rings (SSSR count). The molecule has 2 atom stereocenters. The molecule has 0 aromatic heterocycles. The second-order valence-corrected chi connectivity index (χ2v) is 3.57. The SMILES string of the molecule is [B]OC(=O)C(C)C(C)C(=O)C(C)C. The highest BCUT2D eigenvalue weighted by molar-refractivity contribution is 6.06. The molecule has 72 valence electrons. The minimum atomic E-state index is -0.540. The molecule has 0 aliphatic rings. The normalized spacial score (nSPS) is 15.2. The van der Waals surface area contributed by atoms with Crippen molar-refractivity contribution in [2.24, 2.45) is 17.8 Å². The van der Waals surface area contributed by atoms with Crippen molar-refractivity contribution in [1.82, 2.24) is 0 Å². The van der Waals surface area contributed by atoms with Crippen LogP contribution in [0.25, 0.3) is 0 Å². The van der Waals surface area contributed by atoms with Crippen molar-refractivity contribution in [3.05, 3.63) is 0 Å². The largest absolute Gasteiger partial charge is 0.543 e. The third-order valence-corrected chi connectivity index (χ3v) is 2.26. The first-order chi connectivity index (χ1) is 5.91. The molecule has 4 heteroatoms. The van der Waals surface area contributed by atoms with Gasteiger partial charge in [-0.25, -0.2) is 0 Å². The zero-order valence-electron chi connectivity index (χ0n) is 8.53. The highest BCUT2D eigenvalue weighted by Gasteiger charge is 2.27. The summed E-state index contributed by atoms with van der Waals surface area (Å²) in [5.74, 6) is -1.36. The first-order valence-electron chi connectivity index (χ1n) is 4.36. The van der Waals surface area contributed by atoms with Crippen molar-refractivity contribution in [3.63, 3.8) is 0 Å². The molecule has 0 aliphatic carbocycles. The Bertz CT molecular complexity index is 201. The molecule has 0 saturated carbocycles. The fourth-order valence-electron chi connectivity index (χ4n) is 1.08. The second kappa shape index (κ2) is 5.05. The Morgan fingerprint density at radius 1 is 1.08 bits per heavy atom. The Kier molecular flexibility index (Phi) is 4.74. The molecule has 0 spiro atoms. The van der Waals surface area contributed by atoms with E-state index in [-0.39, 0.29) is 17.6 Å². The number of carbonyl (C=O) groups excluding carboxylic acids is 2. The number of carbonyl (C=O) groups is 2. The summed E-state index contributed by atoms with van der Waals surface area (Å²) < 4.78 is 4.07. The Labute approximate surface area is 80.3 Å². The van der Waals surface area contributed by atoms with Gasteiger partial charge < -0.3 is 4.65 Å². The van der Waals surface area contributed by atoms with Gasteiger partial charge >= 0.3 is 8.05 Å². The van der Waals surface area contributed by atoms with Crippen molar-refractivity contribution < 1.29 is 14.2 Å². The van der Waals surface area contributed by atoms with Gasteiger partial charge in [0.25, 0.3) is 5.97 Å². The van der Waals surface area contributed by atoms with Crippen LogP contribution in [0.15, 0.2) is 0 Å². The third kappa shape index (κ3) is 3.21. The zero-order valence-corrected chi connectivity index (χ0v) is 8.53. The molecule has 0 fully saturated rings. The average Bonchev–Trinajstić information content (AvgIpc) is 2.12. The van der Waals surface area contributed by atoms with Crippen molar-refractivity contribution in [3.8, 4) is 0 Å². The fraction of sp³-hybridized carbons (Fsp3) is 0.778. The van der Waals surface area contributed by atoms with E-state index in [4.69, 9.17) is 8.05 Å². The maximum absolute atomic E-state index is 11.5. The predicted molar refractivity (Wildman–Crippen MR) is 50.0 cm³/mol. The summed E-state index contributed by atoms with van der Waals surface area (Å²) in [7, 11) is 4.73. The lowest BCUT2D eigenvalue weighted by Crippen LogP contribution is -2.29. The van der Waals surface area contributed by atoms with Gasteiger partial charge in [0.1, 0.15) is 5.78 Å². The molecule has 0 aromatic rings. The molecule has 13 heavy (non-hydrogen) atoms. The van der Waals surface area contributed by atoms with Crippen LogP contribution in [0.3, 0.4) is 0 Å². The Balaban J connectivity index is 4.33. The fourth-order valence-corrected chi connectivity index (χ4v) is 1.08. The van der Waals surface area contributed by atoms with Crippen LogP contribution in [0, 0.1) is 17.8 Å². The first-order valence-corrected chi connectivity index (χ1v) is 4.36. The van der Waals surface area contributed by atoms with Gasteiger partial charge in [-0.15, -0.1) is 0 Å². The van der Waals surface area contributed by atoms with E-state index in [9.17, 15) is 9.59 Å². The molecule has 3 nitrogen and oxygen atoms in total. The summed E-state index contributed by atoms with van der Waals surface area (Å²) in [5.41, 5.74) is 0. The van der Waals surface area contributed by atoms with E-state index in [1.54, 1.807) is 27.7 Å². The van der Waals surface area contributed by atoms with Crippen LogP contribution in [-0.4, -0.2) is 19.8 Å². The van der Waals surface area contributed by atoms with E-state index in [1.807, 2.05) is 0 Å². The Hall–Kier alpha value is -0.795. The van der Waals surface area contributed by atoms with Gasteiger partial charge in [0.15, 0.2) is 0 Å². The van der Waals surface area contributed by atoms with Gasteiger partial charge in [0, 0.05) is 11.8 Å². The molecule has 0 aromatic carbocycles. The van der Waals surface area contributed by atoms with Crippen LogP contribution >= 0.6 is 0 Å². The standard InChI is InChI=1S/C9H15BO3/c1-5(2)8(11)6(3)7(4)9(12)13-10/h5-7H,1-4H3. The second-order valence-electron chi connectivity index (χ2n) is 3.57. The molecular weight excluding hydrogens is 167 g/mol. The van der Waals surface area contributed by atoms with Crippen molar-refractivity contribution in [2.75, 3.05) is 0 Å². The molecule has 0 amide bonds. The van der Waals surface area contributed by atoms with Crippen LogP contribution in [0.1, 0.15) is 27.7 Å². The number of hydrogen-bond donors (Lipinski definition) is 0. The topological polar surface area (TPSA) is 43.4 Å². The maximum Gasteiger partial charge on any atom is 0.378 e. The summed E-state index contributed by atoms with van der Waals surface area (Å²) in [6.45, 7) is 6.96. The highest BCUT2D eigenvalue weighted by Crippen LogP contribution is 2.17. The van der Waals surface area contributed by atoms with Gasteiger partial charge in [0.05, 0.1) is 5.92 Å². The zero-order chi connectivity index (χ0) is 10.6. The lowest BCUT2D eigenvalue weighted by molar-refractivity contribution is -0.143. The van der Waals surface area contributed by atoms with Gasteiger partial charge in [-0.1, -0.05) is 27.7 Å². The molecule has 0 N–H and O–H groups in total. The molecule has 2 radical (unpaired) electrons. The van der Waals surface area contributed by atoms with Crippen molar-refractivity contribution in [1.29, 1.82) is 0 Å². The number of rotatable bonds is 4. The monoisotopic (exact) mass is 182 g/mol. The van der Waals surface area contributed by atoms with Crippen LogP contribution in [0.5, 0.6) is 0 Å². The summed E-state index contributed by atoms with van der Waals surface area (Å²) in [6.07, 6.45) is 0. The van der Waals surface area contributed by atoms with Crippen LogP contribution in [-0.2, 0) is 14.2 Å². The molecular formula is C9H15BO3. The van der Waals surface area contributed by atoms with Crippen LogP contribution in [0.4, 0.5) is 0 Å². The molecule has 0 bridgehead atoms. The van der Waals surface area contributed by atoms with Gasteiger partial charge in [-0.05, 0) is 0 Å². The van der Waals surface area contributed by atoms with Crippen molar-refractivity contribution in [2.45, 2.75) is 27.7 Å². The lowest BCUT2D eigenvalue weighted by Gasteiger charge is -2.18. The highest BCUT2D eigenvalue weighted by atomic mass is 16.5. The number of hydrogen-bond acceptors (Lipinski definition) is 3. The summed E-state index contributed by atoms with van der Waals surface area (Å²) in [6, 6.07) is 0. The Morgan fingerprint density at radius 3 is 1.85 bits per heavy atom. The minimum absolute atomic E-state index is 0.0536. The summed E-state index contributed by atoms with van der Waals surface area (Å²) in [5, 5.41) is 0. The van der Waals surface area contributed by atoms with Crippen molar-refractivity contribution >= 4 is 19.8 Å². The van der Waals surface area contributed by atoms with E-state index in [2.05, 4.69) is 4.65 Å². The predicted octanol–water partition coefficient (Wildman–Crippen LogP) is 1.11. The maximum atomic E-state index is 11.5. The quantitative estimate of drug-likeness (QED) is 0.611. The minimum Gasteiger partial charge on any atom is -0.543 e. The summed E-state index contributed by atoms with van der Waals surface area (Å²) in [4.78, 5) is 22.4. The van der Waals surface area contributed by atoms with Gasteiger partial charge in [0.2, 0.25) is 0 Å². The van der Waals surface area contributed by atoms with Crippen LogP contribution < -0.4 is 0 Å². The first kappa shape index (κ1) is 12.2. The van der Waals surface area contributed by atoms with E-state index in [0.29, 0.717) is 0 Å². The van der Waals surface area contributed by atoms with E-state index in [1.165, 1.54) is 0 Å². The smallest absolute Gasteiger partial charge is 0.378 e. The molecule has 0 saturated heterocycles. The average molecular weight is 182 g/mol. The molecule has 0 aliphatic heterocycles. The van der Waals surface area contributed by atoms with Gasteiger partial charge in [-0.3, -0.25) is 9.59 Å². The molecule has 0 heterocycles. The number of Topliss-reactive ketones (excluding diaryl/α,β-unsaturated/α-hetero) is 1. The third-order valence-electron chi connectivity index (χ3n) is 2.26. The van der Waals surface area contributed by atoms with Gasteiger partial charge in [-0.2, -0.15) is 0 Å². The lowest BCUT2D eigenvalue weighted by atomic mass is 9.87. The van der Waals surface area contributed by atoms with E-state index in [0.717, 1.165) is 0 Å². The van der Waals surface area contributed by atoms with E-state index >= 15 is 0 Å². The Morgan fingerprint density at radius 2 is 1.54 bits per heavy atom. The summed E-state index contributed by atoms with van der Waals surface area (Å²) >= 11 is 0. The van der Waals surface area contributed by atoms with Crippen LogP contribution in [0.2, 0.25) is 0 Å². The van der Waals surface area contributed by atoms with E-state index < -0.39 is 11.9 Å². The molecule has 2 unspecified atom stereocenters. The number of ketones is 1.